The maximum absolute atomic E-state index is 10.8. The number of aromatic nitrogens is 3. The van der Waals surface area contributed by atoms with E-state index >= 15 is 0 Å². The monoisotopic (exact) mass is 270 g/mol. The molecule has 2 heterocycles. The lowest BCUT2D eigenvalue weighted by molar-refractivity contribution is 0.0690. The van der Waals surface area contributed by atoms with Crippen LogP contribution in [0.25, 0.3) is 0 Å². The summed E-state index contributed by atoms with van der Waals surface area (Å²) in [4.78, 5) is 25.4. The van der Waals surface area contributed by atoms with Crippen molar-refractivity contribution in [3.8, 4) is 0 Å². The Morgan fingerprint density at radius 1 is 1.25 bits per heavy atom. The summed E-state index contributed by atoms with van der Waals surface area (Å²) in [6.45, 7) is 0.659. The Kier molecular flexibility index (Phi) is 3.28. The second kappa shape index (κ2) is 5.24. The van der Waals surface area contributed by atoms with E-state index in [-0.39, 0.29) is 5.69 Å². The van der Waals surface area contributed by atoms with Crippen LogP contribution in [0, 0.1) is 0 Å². The molecule has 1 aliphatic carbocycles. The predicted octanol–water partition coefficient (Wildman–Crippen LogP) is 1.74. The minimum Gasteiger partial charge on any atom is -0.476 e. The van der Waals surface area contributed by atoms with E-state index in [9.17, 15) is 4.79 Å². The van der Waals surface area contributed by atoms with Gasteiger partial charge in [-0.1, -0.05) is 6.07 Å². The van der Waals surface area contributed by atoms with E-state index in [4.69, 9.17) is 5.11 Å². The number of hydrogen-bond acceptors (Lipinski definition) is 5. The van der Waals surface area contributed by atoms with Crippen molar-refractivity contribution >= 4 is 11.8 Å². The first-order chi connectivity index (χ1) is 9.74. The van der Waals surface area contributed by atoms with Crippen molar-refractivity contribution in [1.29, 1.82) is 0 Å². The Hall–Kier alpha value is -2.50. The third-order valence-corrected chi connectivity index (χ3v) is 3.20. The summed E-state index contributed by atoms with van der Waals surface area (Å²) in [5.74, 6) is -0.366. The highest BCUT2D eigenvalue weighted by atomic mass is 16.4. The number of pyridine rings is 1. The predicted molar refractivity (Wildman–Crippen MR) is 72.4 cm³/mol. The van der Waals surface area contributed by atoms with E-state index in [1.165, 1.54) is 12.4 Å². The Morgan fingerprint density at radius 2 is 2.10 bits per heavy atom. The van der Waals surface area contributed by atoms with E-state index in [1.807, 2.05) is 18.2 Å². The van der Waals surface area contributed by atoms with Crippen LogP contribution < -0.4 is 4.90 Å². The molecule has 2 aromatic heterocycles. The molecule has 0 aromatic carbocycles. The molecule has 0 atom stereocenters. The van der Waals surface area contributed by atoms with Gasteiger partial charge in [0.05, 0.1) is 24.6 Å². The maximum atomic E-state index is 10.8. The zero-order chi connectivity index (χ0) is 13.9. The van der Waals surface area contributed by atoms with Crippen molar-refractivity contribution in [2.45, 2.75) is 25.4 Å². The Balaban J connectivity index is 1.82. The van der Waals surface area contributed by atoms with Crippen LogP contribution in [0.4, 0.5) is 5.82 Å². The molecule has 20 heavy (non-hydrogen) atoms. The second-order valence-electron chi connectivity index (χ2n) is 4.75. The summed E-state index contributed by atoms with van der Waals surface area (Å²) in [7, 11) is 0. The van der Waals surface area contributed by atoms with E-state index < -0.39 is 5.97 Å². The summed E-state index contributed by atoms with van der Waals surface area (Å²) in [6.07, 6.45) is 6.82. The molecule has 3 rings (SSSR count). The minimum absolute atomic E-state index is 0.0395. The number of carboxylic acids is 1. The van der Waals surface area contributed by atoms with Gasteiger partial charge in [0.15, 0.2) is 5.69 Å². The van der Waals surface area contributed by atoms with Gasteiger partial charge in [-0.05, 0) is 25.0 Å². The zero-order valence-electron chi connectivity index (χ0n) is 10.8. The average Bonchev–Trinajstić information content (AvgIpc) is 3.30. The third kappa shape index (κ3) is 2.74. The van der Waals surface area contributed by atoms with E-state index in [1.54, 1.807) is 6.20 Å². The van der Waals surface area contributed by atoms with E-state index in [2.05, 4.69) is 19.9 Å². The third-order valence-electron chi connectivity index (χ3n) is 3.20. The number of carboxylic acid groups (broad SMARTS) is 1. The summed E-state index contributed by atoms with van der Waals surface area (Å²) < 4.78 is 0. The molecular weight excluding hydrogens is 256 g/mol. The lowest BCUT2D eigenvalue weighted by Crippen LogP contribution is -2.26. The van der Waals surface area contributed by atoms with Crippen LogP contribution in [0.2, 0.25) is 0 Å². The number of aromatic carboxylic acids is 1. The van der Waals surface area contributed by atoms with Crippen LogP contribution in [0.1, 0.15) is 29.0 Å². The quantitative estimate of drug-likeness (QED) is 0.891. The normalized spacial score (nSPS) is 14.0. The highest BCUT2D eigenvalue weighted by Gasteiger charge is 2.30. The number of nitrogens with zero attached hydrogens (tertiary/aromatic N) is 4. The molecule has 6 heteroatoms. The first-order valence-electron chi connectivity index (χ1n) is 6.46. The van der Waals surface area contributed by atoms with Crippen LogP contribution in [-0.4, -0.2) is 32.1 Å². The van der Waals surface area contributed by atoms with Crippen LogP contribution in [-0.2, 0) is 6.54 Å². The molecular formula is C14H14N4O2. The molecule has 1 N–H and O–H groups in total. The molecule has 1 saturated carbocycles. The summed E-state index contributed by atoms with van der Waals surface area (Å²) in [5.41, 5.74) is 0.922. The molecule has 2 aromatic rings. The van der Waals surface area contributed by atoms with E-state index in [0.29, 0.717) is 18.4 Å². The summed E-state index contributed by atoms with van der Waals surface area (Å²) in [5, 5.41) is 8.84. The smallest absolute Gasteiger partial charge is 0.356 e. The van der Waals surface area contributed by atoms with Crippen LogP contribution in [0.3, 0.4) is 0 Å². The lowest BCUT2D eigenvalue weighted by atomic mass is 10.3. The van der Waals surface area contributed by atoms with Gasteiger partial charge in [0.25, 0.3) is 0 Å². The molecule has 6 nitrogen and oxygen atoms in total. The standard InChI is InChI=1S/C14H14N4O2/c19-14(20)12-7-17-13(8-16-12)18(11-4-5-11)9-10-3-1-2-6-15-10/h1-3,6-8,11H,4-5,9H2,(H,19,20). The van der Waals surface area contributed by atoms with Gasteiger partial charge in [0.1, 0.15) is 5.82 Å². The molecule has 0 spiro atoms. The van der Waals surface area contributed by atoms with Gasteiger partial charge < -0.3 is 10.0 Å². The molecule has 1 fully saturated rings. The fourth-order valence-electron chi connectivity index (χ4n) is 2.03. The molecule has 0 radical (unpaired) electrons. The highest BCUT2D eigenvalue weighted by molar-refractivity contribution is 5.84. The van der Waals surface area contributed by atoms with Gasteiger partial charge >= 0.3 is 5.97 Å². The molecule has 0 saturated heterocycles. The number of hydrogen-bond donors (Lipinski definition) is 1. The van der Waals surface area contributed by atoms with E-state index in [0.717, 1.165) is 18.5 Å². The van der Waals surface area contributed by atoms with Gasteiger partial charge in [-0.25, -0.2) is 14.8 Å². The van der Waals surface area contributed by atoms with Crippen LogP contribution in [0.15, 0.2) is 36.8 Å². The fraction of sp³-hybridized carbons (Fsp3) is 0.286. The largest absolute Gasteiger partial charge is 0.476 e. The number of anilines is 1. The second-order valence-corrected chi connectivity index (χ2v) is 4.75. The highest BCUT2D eigenvalue weighted by Crippen LogP contribution is 2.31. The van der Waals surface area contributed by atoms with Crippen molar-refractivity contribution < 1.29 is 9.90 Å². The fourth-order valence-corrected chi connectivity index (χ4v) is 2.03. The molecule has 0 amide bonds. The summed E-state index contributed by atoms with van der Waals surface area (Å²) >= 11 is 0. The van der Waals surface area contributed by atoms with Gasteiger partial charge in [0, 0.05) is 12.2 Å². The van der Waals surface area contributed by atoms with Gasteiger partial charge in [-0.2, -0.15) is 0 Å². The van der Waals surface area contributed by atoms with Gasteiger partial charge in [-0.15, -0.1) is 0 Å². The lowest BCUT2D eigenvalue weighted by Gasteiger charge is -2.22. The molecule has 102 valence electrons. The van der Waals surface area contributed by atoms with Gasteiger partial charge in [-0.3, -0.25) is 4.98 Å². The van der Waals surface area contributed by atoms with Crippen molar-refractivity contribution in [1.82, 2.24) is 15.0 Å². The minimum atomic E-state index is -1.06. The molecule has 1 aliphatic rings. The summed E-state index contributed by atoms with van der Waals surface area (Å²) in [6, 6.07) is 6.25. The average molecular weight is 270 g/mol. The van der Waals surface area contributed by atoms with Crippen molar-refractivity contribution in [3.63, 3.8) is 0 Å². The van der Waals surface area contributed by atoms with Crippen molar-refractivity contribution in [3.05, 3.63) is 48.2 Å². The van der Waals surface area contributed by atoms with Crippen molar-refractivity contribution in [2.75, 3.05) is 4.90 Å². The Bertz CT molecular complexity index is 596. The Morgan fingerprint density at radius 3 is 2.65 bits per heavy atom. The number of carbonyl (C=O) groups is 1. The SMILES string of the molecule is O=C(O)c1cnc(N(Cc2ccccn2)C2CC2)cn1. The van der Waals surface area contributed by atoms with Crippen LogP contribution >= 0.6 is 0 Å². The maximum Gasteiger partial charge on any atom is 0.356 e. The first-order valence-corrected chi connectivity index (χ1v) is 6.46. The molecule has 0 aliphatic heterocycles. The van der Waals surface area contributed by atoms with Gasteiger partial charge in [0.2, 0.25) is 0 Å². The first kappa shape index (κ1) is 12.5. The zero-order valence-corrected chi connectivity index (χ0v) is 10.8. The number of rotatable bonds is 5. The Labute approximate surface area is 116 Å². The topological polar surface area (TPSA) is 79.2 Å². The van der Waals surface area contributed by atoms with Crippen LogP contribution in [0.5, 0.6) is 0 Å². The van der Waals surface area contributed by atoms with Crippen molar-refractivity contribution in [2.24, 2.45) is 0 Å². The molecule has 0 unspecified atom stereocenters. The molecule has 0 bridgehead atoms.